The molecule has 8 heteroatoms. The van der Waals surface area contributed by atoms with Gasteiger partial charge in [0.1, 0.15) is 5.82 Å². The molecule has 0 atom stereocenters. The Morgan fingerprint density at radius 3 is 2.43 bits per heavy atom. The zero-order valence-electron chi connectivity index (χ0n) is 23.0. The van der Waals surface area contributed by atoms with E-state index in [0.717, 1.165) is 46.0 Å². The minimum Gasteiger partial charge on any atom is -0.481 e. The highest BCUT2D eigenvalue weighted by Gasteiger charge is 2.36. The van der Waals surface area contributed by atoms with Crippen molar-refractivity contribution in [2.24, 2.45) is 0 Å². The molecule has 1 aromatic carbocycles. The molecule has 0 bridgehead atoms. The molecule has 0 spiro atoms. The Kier molecular flexibility index (Phi) is 9.45. The normalized spacial score (nSPS) is 12.3. The van der Waals surface area contributed by atoms with Crippen molar-refractivity contribution in [1.82, 2.24) is 9.97 Å². The number of aliphatic carboxylic acids is 1. The van der Waals surface area contributed by atoms with Gasteiger partial charge in [0.25, 0.3) is 0 Å². The number of nitrogens with one attached hydrogen (secondary N) is 1. The molecule has 6 nitrogen and oxygen atoms in total. The second-order valence-electron chi connectivity index (χ2n) is 10.7. The summed E-state index contributed by atoms with van der Waals surface area (Å²) in [7, 11) is -1.73. The van der Waals surface area contributed by atoms with E-state index in [4.69, 9.17) is 19.5 Å². The van der Waals surface area contributed by atoms with Gasteiger partial charge in [-0.2, -0.15) is 0 Å². The number of aryl methyl sites for hydroxylation is 1. The fourth-order valence-electron chi connectivity index (χ4n) is 3.60. The van der Waals surface area contributed by atoms with Crippen molar-refractivity contribution in [1.29, 1.82) is 0 Å². The molecule has 2 aromatic heterocycles. The fourth-order valence-corrected chi connectivity index (χ4v) is 5.46. The van der Waals surface area contributed by atoms with Crippen molar-refractivity contribution < 1.29 is 14.3 Å². The number of hydrogen-bond donors (Lipinski definition) is 2. The Balaban J connectivity index is 1.71. The largest absolute Gasteiger partial charge is 0.481 e. The van der Waals surface area contributed by atoms with E-state index in [1.807, 2.05) is 31.2 Å². The third-order valence-corrected chi connectivity index (χ3v) is 12.5. The van der Waals surface area contributed by atoms with E-state index in [0.29, 0.717) is 12.4 Å². The molecule has 0 saturated carbocycles. The minimum atomic E-state index is -1.73. The van der Waals surface area contributed by atoms with Gasteiger partial charge in [-0.05, 0) is 67.7 Å². The molecular weight excluding hydrogens is 498 g/mol. The Hall–Kier alpha value is -2.81. The first-order valence-electron chi connectivity index (χ1n) is 12.7. The van der Waals surface area contributed by atoms with E-state index in [1.165, 1.54) is 4.88 Å². The van der Waals surface area contributed by atoms with Crippen molar-refractivity contribution in [3.05, 3.63) is 70.2 Å². The molecule has 0 amide bonds. The number of aromatic nitrogens is 2. The first kappa shape index (κ1) is 28.8. The predicted octanol–water partition coefficient (Wildman–Crippen LogP) is 7.57. The highest BCUT2D eigenvalue weighted by atomic mass is 32.1. The molecule has 0 fully saturated rings. The van der Waals surface area contributed by atoms with Crippen LogP contribution in [0.5, 0.6) is 0 Å². The van der Waals surface area contributed by atoms with E-state index in [-0.39, 0.29) is 11.5 Å². The molecule has 3 rings (SSSR count). The van der Waals surface area contributed by atoms with E-state index < -0.39 is 14.3 Å². The highest BCUT2D eigenvalue weighted by molar-refractivity contribution is 7.15. The number of nitrogens with zero attached hydrogens (tertiary/aromatic N) is 2. The molecule has 2 heterocycles. The van der Waals surface area contributed by atoms with Gasteiger partial charge in [-0.15, -0.1) is 11.3 Å². The van der Waals surface area contributed by atoms with E-state index >= 15 is 0 Å². The summed E-state index contributed by atoms with van der Waals surface area (Å²) >= 11 is 1.71. The van der Waals surface area contributed by atoms with Gasteiger partial charge in [0.05, 0.1) is 17.9 Å². The van der Waals surface area contributed by atoms with Crippen molar-refractivity contribution >= 4 is 37.1 Å². The monoisotopic (exact) mass is 537 g/mol. The summed E-state index contributed by atoms with van der Waals surface area (Å²) in [6.07, 6.45) is 5.97. The first-order chi connectivity index (χ1) is 17.4. The van der Waals surface area contributed by atoms with Gasteiger partial charge in [-0.3, -0.25) is 4.79 Å². The van der Waals surface area contributed by atoms with Crippen LogP contribution in [0.2, 0.25) is 18.1 Å². The number of hydrogen-bond acceptors (Lipinski definition) is 6. The number of thiophene rings is 1. The zero-order valence-corrected chi connectivity index (χ0v) is 24.8. The van der Waals surface area contributed by atoms with Crippen molar-refractivity contribution in [3.8, 4) is 10.7 Å². The molecular formula is C29H39N3O3SSi. The number of anilines is 2. The van der Waals surface area contributed by atoms with E-state index in [9.17, 15) is 4.79 Å². The molecule has 37 heavy (non-hydrogen) atoms. The summed E-state index contributed by atoms with van der Waals surface area (Å²) in [5.74, 6) is 0.658. The van der Waals surface area contributed by atoms with Crippen molar-refractivity contribution in [2.45, 2.75) is 72.0 Å². The maximum absolute atomic E-state index is 11.0. The molecule has 0 saturated heterocycles. The van der Waals surface area contributed by atoms with Gasteiger partial charge in [0, 0.05) is 21.8 Å². The Morgan fingerprint density at radius 2 is 1.81 bits per heavy atom. The molecule has 3 aromatic rings. The summed E-state index contributed by atoms with van der Waals surface area (Å²) in [6, 6.07) is 11.7. The predicted molar refractivity (Wildman–Crippen MR) is 157 cm³/mol. The summed E-state index contributed by atoms with van der Waals surface area (Å²) in [6.45, 7) is 16.1. The van der Waals surface area contributed by atoms with Crippen LogP contribution in [-0.4, -0.2) is 36.0 Å². The first-order valence-corrected chi connectivity index (χ1v) is 16.5. The number of allylic oxidation sites excluding steroid dienone is 1. The molecule has 0 aliphatic rings. The Bertz CT molecular complexity index is 1240. The molecule has 2 N–H and O–H groups in total. The summed E-state index contributed by atoms with van der Waals surface area (Å²) in [5, 5.41) is 12.6. The van der Waals surface area contributed by atoms with Crippen LogP contribution in [0.25, 0.3) is 10.7 Å². The van der Waals surface area contributed by atoms with Crippen LogP contribution in [0, 0.1) is 6.92 Å². The topological polar surface area (TPSA) is 84.3 Å². The number of carbonyl (C=O) groups is 1. The lowest BCUT2D eigenvalue weighted by atomic mass is 10.1. The van der Waals surface area contributed by atoms with Gasteiger partial charge in [-0.1, -0.05) is 52.0 Å². The van der Waals surface area contributed by atoms with Crippen LogP contribution < -0.4 is 5.32 Å². The lowest BCUT2D eigenvalue weighted by molar-refractivity contribution is -0.136. The van der Waals surface area contributed by atoms with Crippen molar-refractivity contribution in [2.75, 3.05) is 11.9 Å². The average Bonchev–Trinajstić information content (AvgIpc) is 3.28. The summed E-state index contributed by atoms with van der Waals surface area (Å²) < 4.78 is 6.23. The van der Waals surface area contributed by atoms with Crippen LogP contribution in [0.15, 0.2) is 48.6 Å². The van der Waals surface area contributed by atoms with Gasteiger partial charge in [0.15, 0.2) is 14.1 Å². The quantitative estimate of drug-likeness (QED) is 0.194. The molecule has 0 aliphatic carbocycles. The minimum absolute atomic E-state index is 0.0107. The number of carboxylic acid groups (broad SMARTS) is 1. The third kappa shape index (κ3) is 7.83. The third-order valence-electron chi connectivity index (χ3n) is 6.85. The van der Waals surface area contributed by atoms with Crippen LogP contribution in [-0.2, 0) is 28.5 Å². The second-order valence-corrected chi connectivity index (χ2v) is 16.7. The van der Waals surface area contributed by atoms with Crippen LogP contribution in [0.4, 0.5) is 11.5 Å². The summed E-state index contributed by atoms with van der Waals surface area (Å²) in [5.41, 5.74) is 3.65. The highest BCUT2D eigenvalue weighted by Crippen LogP contribution is 2.36. The van der Waals surface area contributed by atoms with Crippen LogP contribution >= 0.6 is 11.3 Å². The number of rotatable bonds is 11. The molecule has 198 valence electrons. The standard InChI is InChI=1S/C29H39N3O3SSi/c1-8-24-20(2)30-28(32-27(24)31-22-14-12-21(13-15-22)19-26(33)34)25-17-16-23(36-25)11-9-10-18-35-37(6,7)29(3,4)5/h9-10,12-17H,8,11,18-19H2,1-7H3,(H,33,34)(H,30,31,32)/b10-9+. The van der Waals surface area contributed by atoms with Gasteiger partial charge >= 0.3 is 5.97 Å². The smallest absolute Gasteiger partial charge is 0.307 e. The van der Waals surface area contributed by atoms with E-state index in [1.54, 1.807) is 11.3 Å². The fraction of sp³-hybridized carbons (Fsp3) is 0.414. The number of benzene rings is 1. The maximum atomic E-state index is 11.0. The SMILES string of the molecule is CCc1c(C)nc(-c2ccc(C/C=C/CO[Si](C)(C)C(C)(C)C)s2)nc1Nc1ccc(CC(=O)O)cc1. The van der Waals surface area contributed by atoms with Gasteiger partial charge in [-0.25, -0.2) is 9.97 Å². The molecule has 0 unspecified atom stereocenters. The average molecular weight is 538 g/mol. The van der Waals surface area contributed by atoms with Crippen molar-refractivity contribution in [3.63, 3.8) is 0 Å². The van der Waals surface area contributed by atoms with Crippen LogP contribution in [0.1, 0.15) is 49.4 Å². The van der Waals surface area contributed by atoms with Crippen LogP contribution in [0.3, 0.4) is 0 Å². The van der Waals surface area contributed by atoms with E-state index in [2.05, 4.69) is 70.4 Å². The lowest BCUT2D eigenvalue weighted by Gasteiger charge is -2.35. The second kappa shape index (κ2) is 12.2. The number of carboxylic acids is 1. The molecule has 0 aliphatic heterocycles. The zero-order chi connectivity index (χ0) is 27.2. The van der Waals surface area contributed by atoms with Gasteiger partial charge < -0.3 is 14.8 Å². The maximum Gasteiger partial charge on any atom is 0.307 e. The lowest BCUT2D eigenvalue weighted by Crippen LogP contribution is -2.40. The Labute approximate surface area is 226 Å². The summed E-state index contributed by atoms with van der Waals surface area (Å²) in [4.78, 5) is 22.9. The van der Waals surface area contributed by atoms with Gasteiger partial charge in [0.2, 0.25) is 0 Å². The molecule has 0 radical (unpaired) electrons. The Morgan fingerprint density at radius 1 is 1.11 bits per heavy atom.